The first kappa shape index (κ1) is 16.0. The number of rotatable bonds is 6. The highest BCUT2D eigenvalue weighted by Crippen LogP contribution is 2.16. The van der Waals surface area contributed by atoms with Gasteiger partial charge < -0.3 is 10.1 Å². The largest absolute Gasteiger partial charge is 0.497 e. The number of hydrogen-bond donors (Lipinski definition) is 1. The van der Waals surface area contributed by atoms with E-state index in [4.69, 9.17) is 4.74 Å². The van der Waals surface area contributed by atoms with Crippen molar-refractivity contribution in [2.24, 2.45) is 0 Å². The molecule has 1 aliphatic rings. The molecule has 0 unspecified atom stereocenters. The van der Waals surface area contributed by atoms with Crippen molar-refractivity contribution in [2.75, 3.05) is 20.2 Å². The number of piperidine rings is 1. The molecular weight excluding hydrogens is 284 g/mol. The summed E-state index contributed by atoms with van der Waals surface area (Å²) in [5.41, 5.74) is 2.70. The lowest BCUT2D eigenvalue weighted by Crippen LogP contribution is -2.41. The van der Waals surface area contributed by atoms with Gasteiger partial charge in [-0.15, -0.1) is 0 Å². The van der Waals surface area contributed by atoms with Gasteiger partial charge in [0.25, 0.3) is 0 Å². The van der Waals surface area contributed by atoms with Crippen LogP contribution >= 0.6 is 0 Å². The van der Waals surface area contributed by atoms with E-state index in [9.17, 15) is 0 Å². The van der Waals surface area contributed by atoms with Crippen molar-refractivity contribution in [3.63, 3.8) is 0 Å². The summed E-state index contributed by atoms with van der Waals surface area (Å²) in [6.07, 6.45) is 2.44. The van der Waals surface area contributed by atoms with Crippen LogP contribution in [0.15, 0.2) is 54.6 Å². The second kappa shape index (κ2) is 8.14. The van der Waals surface area contributed by atoms with Gasteiger partial charge in [0.1, 0.15) is 5.75 Å². The molecule has 0 aliphatic carbocycles. The van der Waals surface area contributed by atoms with E-state index in [-0.39, 0.29) is 0 Å². The summed E-state index contributed by atoms with van der Waals surface area (Å²) in [7, 11) is 1.72. The number of nitrogens with zero attached hydrogens (tertiary/aromatic N) is 1. The van der Waals surface area contributed by atoms with Gasteiger partial charge in [0.15, 0.2) is 0 Å². The smallest absolute Gasteiger partial charge is 0.119 e. The Morgan fingerprint density at radius 2 is 1.74 bits per heavy atom. The summed E-state index contributed by atoms with van der Waals surface area (Å²) in [5.74, 6) is 0.932. The van der Waals surface area contributed by atoms with Crippen LogP contribution in [0.2, 0.25) is 0 Å². The molecule has 0 saturated carbocycles. The van der Waals surface area contributed by atoms with Crippen LogP contribution in [0.1, 0.15) is 24.0 Å². The summed E-state index contributed by atoms with van der Waals surface area (Å²) in [6.45, 7) is 4.33. The van der Waals surface area contributed by atoms with Crippen molar-refractivity contribution in [3.8, 4) is 5.75 Å². The highest BCUT2D eigenvalue weighted by Gasteiger charge is 2.18. The number of benzene rings is 2. The van der Waals surface area contributed by atoms with Crippen LogP contribution in [-0.4, -0.2) is 31.1 Å². The number of hydrogen-bond acceptors (Lipinski definition) is 3. The van der Waals surface area contributed by atoms with Crippen molar-refractivity contribution >= 4 is 0 Å². The van der Waals surface area contributed by atoms with Crippen molar-refractivity contribution in [2.45, 2.75) is 32.0 Å². The average Bonchev–Trinajstić information content (AvgIpc) is 2.62. The molecule has 122 valence electrons. The van der Waals surface area contributed by atoms with Crippen molar-refractivity contribution in [1.82, 2.24) is 10.2 Å². The molecule has 1 saturated heterocycles. The van der Waals surface area contributed by atoms with Crippen LogP contribution in [0.5, 0.6) is 5.75 Å². The molecule has 23 heavy (non-hydrogen) atoms. The number of ether oxygens (including phenoxy) is 1. The Kier molecular flexibility index (Phi) is 5.67. The van der Waals surface area contributed by atoms with Crippen LogP contribution < -0.4 is 10.1 Å². The van der Waals surface area contributed by atoms with Crippen molar-refractivity contribution < 1.29 is 4.74 Å². The zero-order chi connectivity index (χ0) is 15.9. The number of nitrogens with one attached hydrogen (secondary N) is 1. The molecule has 0 radical (unpaired) electrons. The topological polar surface area (TPSA) is 24.5 Å². The van der Waals surface area contributed by atoms with E-state index in [0.717, 1.165) is 18.8 Å². The molecule has 0 amide bonds. The van der Waals surface area contributed by atoms with Crippen LogP contribution in [0.25, 0.3) is 0 Å². The van der Waals surface area contributed by atoms with E-state index in [1.807, 2.05) is 6.07 Å². The van der Waals surface area contributed by atoms with Gasteiger partial charge in [-0.3, -0.25) is 4.90 Å². The molecule has 1 N–H and O–H groups in total. The standard InChI is InChI=1S/C20H26N2O/c1-23-20-9-5-8-18(14-20)15-21-19-10-12-22(13-11-19)16-17-6-3-2-4-7-17/h2-9,14,19,21H,10-13,15-16H2,1H3. The van der Waals surface area contributed by atoms with E-state index < -0.39 is 0 Å². The maximum absolute atomic E-state index is 5.28. The lowest BCUT2D eigenvalue weighted by atomic mass is 10.0. The zero-order valence-electron chi connectivity index (χ0n) is 13.9. The van der Waals surface area contributed by atoms with Crippen LogP contribution in [-0.2, 0) is 13.1 Å². The fourth-order valence-corrected chi connectivity index (χ4v) is 3.18. The van der Waals surface area contributed by atoms with E-state index in [0.29, 0.717) is 6.04 Å². The first-order valence-electron chi connectivity index (χ1n) is 8.46. The predicted molar refractivity (Wildman–Crippen MR) is 94.6 cm³/mol. The summed E-state index contributed by atoms with van der Waals surface area (Å²) >= 11 is 0. The third-order valence-corrected chi connectivity index (χ3v) is 4.57. The monoisotopic (exact) mass is 310 g/mol. The van der Waals surface area contributed by atoms with Crippen LogP contribution in [0, 0.1) is 0 Å². The lowest BCUT2D eigenvalue weighted by molar-refractivity contribution is 0.190. The van der Waals surface area contributed by atoms with E-state index in [2.05, 4.69) is 58.7 Å². The minimum Gasteiger partial charge on any atom is -0.497 e. The predicted octanol–water partition coefficient (Wildman–Crippen LogP) is 3.45. The summed E-state index contributed by atoms with van der Waals surface area (Å²) < 4.78 is 5.28. The third-order valence-electron chi connectivity index (χ3n) is 4.57. The average molecular weight is 310 g/mol. The van der Waals surface area contributed by atoms with Crippen LogP contribution in [0.4, 0.5) is 0 Å². The molecule has 0 atom stereocenters. The number of likely N-dealkylation sites (tertiary alicyclic amines) is 1. The maximum atomic E-state index is 5.28. The highest BCUT2D eigenvalue weighted by molar-refractivity contribution is 5.28. The molecular formula is C20H26N2O. The van der Waals surface area contributed by atoms with Gasteiger partial charge in [0.05, 0.1) is 7.11 Å². The zero-order valence-corrected chi connectivity index (χ0v) is 13.9. The second-order valence-corrected chi connectivity index (χ2v) is 6.27. The lowest BCUT2D eigenvalue weighted by Gasteiger charge is -2.32. The Hall–Kier alpha value is -1.84. The SMILES string of the molecule is COc1cccc(CNC2CCN(Cc3ccccc3)CC2)c1. The van der Waals surface area contributed by atoms with E-state index >= 15 is 0 Å². The fourth-order valence-electron chi connectivity index (χ4n) is 3.18. The molecule has 1 heterocycles. The van der Waals surface area contributed by atoms with Crippen molar-refractivity contribution in [1.29, 1.82) is 0 Å². The van der Waals surface area contributed by atoms with Crippen molar-refractivity contribution in [3.05, 3.63) is 65.7 Å². The minimum atomic E-state index is 0.619. The second-order valence-electron chi connectivity index (χ2n) is 6.27. The third kappa shape index (κ3) is 4.81. The first-order chi connectivity index (χ1) is 11.3. The minimum absolute atomic E-state index is 0.619. The van der Waals surface area contributed by atoms with Gasteiger partial charge in [-0.1, -0.05) is 42.5 Å². The Morgan fingerprint density at radius 3 is 2.48 bits per heavy atom. The van der Waals surface area contributed by atoms with Gasteiger partial charge in [0, 0.05) is 19.1 Å². The summed E-state index contributed by atoms with van der Waals surface area (Å²) in [6, 6.07) is 19.7. The maximum Gasteiger partial charge on any atom is 0.119 e. The van der Waals surface area contributed by atoms with E-state index in [1.165, 1.54) is 37.1 Å². The summed E-state index contributed by atoms with van der Waals surface area (Å²) in [4.78, 5) is 2.55. The van der Waals surface area contributed by atoms with Gasteiger partial charge in [-0.2, -0.15) is 0 Å². The highest BCUT2D eigenvalue weighted by atomic mass is 16.5. The van der Waals surface area contributed by atoms with Gasteiger partial charge in [-0.25, -0.2) is 0 Å². The molecule has 3 heteroatoms. The van der Waals surface area contributed by atoms with E-state index in [1.54, 1.807) is 7.11 Å². The Morgan fingerprint density at radius 1 is 1.00 bits per heavy atom. The molecule has 0 spiro atoms. The Bertz CT molecular complexity index is 592. The van der Waals surface area contributed by atoms with Gasteiger partial charge in [0.2, 0.25) is 0 Å². The molecule has 3 nitrogen and oxygen atoms in total. The normalized spacial score (nSPS) is 16.4. The Balaban J connectivity index is 1.42. The molecule has 2 aromatic rings. The van der Waals surface area contributed by atoms with Gasteiger partial charge in [-0.05, 0) is 49.2 Å². The summed E-state index contributed by atoms with van der Waals surface area (Å²) in [5, 5.41) is 3.69. The van der Waals surface area contributed by atoms with Gasteiger partial charge >= 0.3 is 0 Å². The molecule has 3 rings (SSSR count). The number of methoxy groups -OCH3 is 1. The molecule has 2 aromatic carbocycles. The fraction of sp³-hybridized carbons (Fsp3) is 0.400. The molecule has 1 fully saturated rings. The molecule has 0 bridgehead atoms. The molecule has 0 aromatic heterocycles. The first-order valence-corrected chi connectivity index (χ1v) is 8.46. The quantitative estimate of drug-likeness (QED) is 0.884. The molecule has 1 aliphatic heterocycles. The Labute approximate surface area is 139 Å². The van der Waals surface area contributed by atoms with Crippen LogP contribution in [0.3, 0.4) is 0 Å².